The van der Waals surface area contributed by atoms with Crippen molar-refractivity contribution in [3.8, 4) is 11.4 Å². The molecule has 2 N–H and O–H groups in total. The van der Waals surface area contributed by atoms with Crippen molar-refractivity contribution in [3.63, 3.8) is 0 Å². The molecule has 1 atom stereocenters. The van der Waals surface area contributed by atoms with E-state index >= 15 is 0 Å². The van der Waals surface area contributed by atoms with Crippen LogP contribution in [-0.2, 0) is 9.59 Å². The monoisotopic (exact) mass is 362 g/mol. The summed E-state index contributed by atoms with van der Waals surface area (Å²) in [5.74, 6) is -1.33. The first-order chi connectivity index (χ1) is 13.1. The molecule has 4 rings (SSSR count). The molecule has 0 saturated carbocycles. The number of aromatic nitrogens is 2. The maximum atomic E-state index is 13.4. The Bertz CT molecular complexity index is 1010. The van der Waals surface area contributed by atoms with Crippen LogP contribution in [0.5, 0.6) is 0 Å². The zero-order valence-electron chi connectivity index (χ0n) is 14.1. The summed E-state index contributed by atoms with van der Waals surface area (Å²) in [5, 5.41) is 5.32. The van der Waals surface area contributed by atoms with E-state index in [9.17, 15) is 14.0 Å². The topological polar surface area (TPSA) is 84.0 Å². The number of hydrogen-bond acceptors (Lipinski definition) is 4. The standard InChI is InChI=1S/C20H15FN4O2/c21-13-6-7-15-16(9-18(26)25-17(15)8-13)20(27)24-14-10-22-19(23-11-14)12-4-2-1-3-5-12/h1-8,10-11,16H,9H2,(H,24,27)(H,25,26). The minimum absolute atomic E-state index is 0.00653. The molecule has 6 nitrogen and oxygen atoms in total. The number of carbonyl (C=O) groups is 2. The lowest BCUT2D eigenvalue weighted by Crippen LogP contribution is -2.31. The van der Waals surface area contributed by atoms with Crippen LogP contribution in [0.3, 0.4) is 0 Å². The van der Waals surface area contributed by atoms with Crippen LogP contribution in [-0.4, -0.2) is 21.8 Å². The molecule has 0 aliphatic carbocycles. The Morgan fingerprint density at radius 1 is 1.11 bits per heavy atom. The molecule has 0 radical (unpaired) electrons. The van der Waals surface area contributed by atoms with Crippen molar-refractivity contribution in [2.24, 2.45) is 0 Å². The maximum Gasteiger partial charge on any atom is 0.232 e. The van der Waals surface area contributed by atoms with Crippen LogP contribution < -0.4 is 10.6 Å². The van der Waals surface area contributed by atoms with Crippen LogP contribution in [0.25, 0.3) is 11.4 Å². The van der Waals surface area contributed by atoms with Gasteiger partial charge in [0.25, 0.3) is 0 Å². The number of halogens is 1. The highest BCUT2D eigenvalue weighted by molar-refractivity contribution is 6.05. The molecular formula is C20H15FN4O2. The van der Waals surface area contributed by atoms with Gasteiger partial charge in [-0.05, 0) is 17.7 Å². The average molecular weight is 362 g/mol. The summed E-state index contributed by atoms with van der Waals surface area (Å²) in [4.78, 5) is 33.1. The highest BCUT2D eigenvalue weighted by Crippen LogP contribution is 2.33. The Kier molecular flexibility index (Phi) is 4.33. The van der Waals surface area contributed by atoms with Gasteiger partial charge in [0.05, 0.1) is 24.0 Å². The van der Waals surface area contributed by atoms with E-state index in [-0.39, 0.29) is 18.2 Å². The Hall–Kier alpha value is -3.61. The van der Waals surface area contributed by atoms with E-state index in [0.29, 0.717) is 22.8 Å². The van der Waals surface area contributed by atoms with Crippen LogP contribution >= 0.6 is 0 Å². The second-order valence-corrected chi connectivity index (χ2v) is 6.19. The third kappa shape index (κ3) is 3.52. The number of benzene rings is 2. The molecule has 0 spiro atoms. The molecule has 1 unspecified atom stereocenters. The lowest BCUT2D eigenvalue weighted by molar-refractivity contribution is -0.123. The quantitative estimate of drug-likeness (QED) is 0.748. The highest BCUT2D eigenvalue weighted by atomic mass is 19.1. The molecule has 3 aromatic rings. The van der Waals surface area contributed by atoms with E-state index in [1.54, 1.807) is 0 Å². The van der Waals surface area contributed by atoms with Gasteiger partial charge >= 0.3 is 0 Å². The molecule has 2 heterocycles. The molecule has 7 heteroatoms. The van der Waals surface area contributed by atoms with Gasteiger partial charge in [-0.15, -0.1) is 0 Å². The van der Waals surface area contributed by atoms with Gasteiger partial charge in [-0.2, -0.15) is 0 Å². The summed E-state index contributed by atoms with van der Waals surface area (Å²) in [5.41, 5.74) is 2.20. The van der Waals surface area contributed by atoms with Crippen molar-refractivity contribution < 1.29 is 14.0 Å². The molecule has 1 aliphatic heterocycles. The number of carbonyl (C=O) groups excluding carboxylic acids is 2. The highest BCUT2D eigenvalue weighted by Gasteiger charge is 2.31. The minimum Gasteiger partial charge on any atom is -0.326 e. The van der Waals surface area contributed by atoms with Crippen LogP contribution in [0.15, 0.2) is 60.9 Å². The summed E-state index contributed by atoms with van der Waals surface area (Å²) in [6, 6.07) is 13.5. The number of anilines is 2. The van der Waals surface area contributed by atoms with Crippen LogP contribution in [0.4, 0.5) is 15.8 Å². The molecule has 2 amide bonds. The van der Waals surface area contributed by atoms with E-state index in [1.807, 2.05) is 30.3 Å². The first-order valence-corrected chi connectivity index (χ1v) is 8.38. The second-order valence-electron chi connectivity index (χ2n) is 6.19. The molecular weight excluding hydrogens is 347 g/mol. The SMILES string of the molecule is O=C1CC(C(=O)Nc2cnc(-c3ccccc3)nc2)c2ccc(F)cc2N1. The van der Waals surface area contributed by atoms with Crippen molar-refractivity contribution >= 4 is 23.2 Å². The lowest BCUT2D eigenvalue weighted by Gasteiger charge is -2.24. The molecule has 134 valence electrons. The van der Waals surface area contributed by atoms with E-state index in [4.69, 9.17) is 0 Å². The van der Waals surface area contributed by atoms with Gasteiger partial charge in [0, 0.05) is 17.7 Å². The minimum atomic E-state index is -0.705. The zero-order valence-corrected chi connectivity index (χ0v) is 14.1. The molecule has 0 fully saturated rings. The van der Waals surface area contributed by atoms with Gasteiger partial charge in [-0.25, -0.2) is 14.4 Å². The normalized spacial score (nSPS) is 15.6. The Morgan fingerprint density at radius 2 is 1.85 bits per heavy atom. The Labute approximate surface area is 154 Å². The van der Waals surface area contributed by atoms with Crippen LogP contribution in [0, 0.1) is 5.82 Å². The van der Waals surface area contributed by atoms with Gasteiger partial charge < -0.3 is 10.6 Å². The summed E-state index contributed by atoms with van der Waals surface area (Å²) in [6.45, 7) is 0. The average Bonchev–Trinajstić information content (AvgIpc) is 2.68. The fraction of sp³-hybridized carbons (Fsp3) is 0.100. The number of hydrogen-bond donors (Lipinski definition) is 2. The van der Waals surface area contributed by atoms with E-state index < -0.39 is 11.7 Å². The first-order valence-electron chi connectivity index (χ1n) is 8.38. The predicted octanol–water partition coefficient (Wildman–Crippen LogP) is 3.35. The van der Waals surface area contributed by atoms with E-state index in [1.165, 1.54) is 30.6 Å². The summed E-state index contributed by atoms with van der Waals surface area (Å²) >= 11 is 0. The van der Waals surface area contributed by atoms with Gasteiger partial charge in [0.15, 0.2) is 5.82 Å². The fourth-order valence-electron chi connectivity index (χ4n) is 3.03. The summed E-state index contributed by atoms with van der Waals surface area (Å²) in [7, 11) is 0. The lowest BCUT2D eigenvalue weighted by atomic mass is 9.89. The van der Waals surface area contributed by atoms with Gasteiger partial charge in [0.2, 0.25) is 11.8 Å². The van der Waals surface area contributed by atoms with Crippen molar-refractivity contribution in [3.05, 3.63) is 72.3 Å². The van der Waals surface area contributed by atoms with Crippen molar-refractivity contribution in [1.29, 1.82) is 0 Å². The van der Waals surface area contributed by atoms with Gasteiger partial charge in [-0.3, -0.25) is 9.59 Å². The van der Waals surface area contributed by atoms with Crippen LogP contribution in [0.2, 0.25) is 0 Å². The largest absolute Gasteiger partial charge is 0.326 e. The Balaban J connectivity index is 1.54. The van der Waals surface area contributed by atoms with Crippen molar-refractivity contribution in [2.45, 2.75) is 12.3 Å². The predicted molar refractivity (Wildman–Crippen MR) is 98.5 cm³/mol. The van der Waals surface area contributed by atoms with Crippen molar-refractivity contribution in [1.82, 2.24) is 9.97 Å². The van der Waals surface area contributed by atoms with E-state index in [2.05, 4.69) is 20.6 Å². The molecule has 27 heavy (non-hydrogen) atoms. The number of nitrogens with zero attached hydrogens (tertiary/aromatic N) is 2. The Morgan fingerprint density at radius 3 is 2.59 bits per heavy atom. The maximum absolute atomic E-state index is 13.4. The number of nitrogens with one attached hydrogen (secondary N) is 2. The zero-order chi connectivity index (χ0) is 18.8. The smallest absolute Gasteiger partial charge is 0.232 e. The van der Waals surface area contributed by atoms with E-state index in [0.717, 1.165) is 5.56 Å². The van der Waals surface area contributed by atoms with Gasteiger partial charge in [0.1, 0.15) is 5.82 Å². The third-order valence-corrected chi connectivity index (χ3v) is 4.32. The fourth-order valence-corrected chi connectivity index (χ4v) is 3.03. The summed E-state index contributed by atoms with van der Waals surface area (Å²) in [6.07, 6.45) is 3.02. The molecule has 1 aromatic heterocycles. The molecule has 0 bridgehead atoms. The molecule has 0 saturated heterocycles. The number of fused-ring (bicyclic) bond motifs is 1. The number of rotatable bonds is 3. The number of amides is 2. The van der Waals surface area contributed by atoms with Crippen LogP contribution in [0.1, 0.15) is 17.9 Å². The summed E-state index contributed by atoms with van der Waals surface area (Å²) < 4.78 is 13.4. The third-order valence-electron chi connectivity index (χ3n) is 4.32. The molecule has 2 aromatic carbocycles. The van der Waals surface area contributed by atoms with Gasteiger partial charge in [-0.1, -0.05) is 36.4 Å². The second kappa shape index (κ2) is 6.95. The molecule has 1 aliphatic rings. The van der Waals surface area contributed by atoms with Crippen molar-refractivity contribution in [2.75, 3.05) is 10.6 Å². The first kappa shape index (κ1) is 16.8.